The summed E-state index contributed by atoms with van der Waals surface area (Å²) in [5.41, 5.74) is 5.47. The number of H-pyrrole nitrogens is 2. The van der Waals surface area contributed by atoms with Gasteiger partial charge in [-0.25, -0.2) is 19.6 Å². The molecule has 16 heteroatoms. The van der Waals surface area contributed by atoms with E-state index >= 15 is 0 Å². The monoisotopic (exact) mass is 874 g/mol. The third kappa shape index (κ3) is 8.55. The first-order chi connectivity index (χ1) is 30.8. The zero-order valence-corrected chi connectivity index (χ0v) is 37.7. The van der Waals surface area contributed by atoms with Crippen LogP contribution in [0.25, 0.3) is 54.7 Å². The van der Waals surface area contributed by atoms with Gasteiger partial charge in [0, 0.05) is 49.9 Å². The Kier molecular flexibility index (Phi) is 12.8. The van der Waals surface area contributed by atoms with Crippen molar-refractivity contribution in [3.8, 4) is 11.1 Å². The van der Waals surface area contributed by atoms with E-state index in [0.717, 1.165) is 54.7 Å². The van der Waals surface area contributed by atoms with Gasteiger partial charge in [-0.1, -0.05) is 64.1 Å². The molecular formula is C48H58N8O8. The molecule has 0 saturated carbocycles. The summed E-state index contributed by atoms with van der Waals surface area (Å²) >= 11 is 0. The van der Waals surface area contributed by atoms with Crippen LogP contribution in [0.15, 0.2) is 60.7 Å². The van der Waals surface area contributed by atoms with Gasteiger partial charge in [-0.2, -0.15) is 0 Å². The van der Waals surface area contributed by atoms with Gasteiger partial charge in [0.2, 0.25) is 11.8 Å². The zero-order valence-electron chi connectivity index (χ0n) is 37.7. The fraction of sp³-hybridized carbons (Fsp3) is 0.458. The fourth-order valence-corrected chi connectivity index (χ4v) is 9.64. The number of benzene rings is 4. The summed E-state index contributed by atoms with van der Waals surface area (Å²) in [6, 6.07) is 18.8. The highest BCUT2D eigenvalue weighted by Crippen LogP contribution is 2.40. The number of carbonyl (C=O) groups excluding carboxylic acids is 4. The summed E-state index contributed by atoms with van der Waals surface area (Å²) < 4.78 is 20.7. The Morgan fingerprint density at radius 2 is 1.03 bits per heavy atom. The van der Waals surface area contributed by atoms with E-state index in [1.807, 2.05) is 49.6 Å². The van der Waals surface area contributed by atoms with Gasteiger partial charge in [-0.05, 0) is 70.8 Å². The molecule has 0 bridgehead atoms. The first kappa shape index (κ1) is 44.4. The maximum atomic E-state index is 14.0. The van der Waals surface area contributed by atoms with Crippen LogP contribution >= 0.6 is 0 Å². The molecule has 16 nitrogen and oxygen atoms in total. The molecule has 6 aromatic rings. The van der Waals surface area contributed by atoms with Crippen molar-refractivity contribution in [3.05, 3.63) is 72.3 Å². The van der Waals surface area contributed by atoms with Crippen molar-refractivity contribution in [2.24, 2.45) is 23.7 Å². The van der Waals surface area contributed by atoms with E-state index in [0.29, 0.717) is 50.8 Å². The van der Waals surface area contributed by atoms with Crippen LogP contribution in [0.4, 0.5) is 9.59 Å². The highest BCUT2D eigenvalue weighted by molar-refractivity contribution is 6.07. The number of nitrogens with zero attached hydrogens (tertiary/aromatic N) is 4. The molecule has 1 unspecified atom stereocenters. The molecule has 0 spiro atoms. The number of nitrogens with one attached hydrogen (secondary N) is 4. The van der Waals surface area contributed by atoms with Gasteiger partial charge in [0.15, 0.2) is 0 Å². The van der Waals surface area contributed by atoms with Crippen molar-refractivity contribution in [2.45, 2.75) is 64.7 Å². The Morgan fingerprint density at radius 1 is 0.625 bits per heavy atom. The second kappa shape index (κ2) is 18.5. The molecule has 4 aromatic carbocycles. The van der Waals surface area contributed by atoms with E-state index in [1.165, 1.54) is 14.2 Å². The fourth-order valence-electron chi connectivity index (χ4n) is 9.64. The number of fused-ring (bicyclic) bond motifs is 6. The number of carbonyl (C=O) groups is 4. The molecule has 2 aliphatic heterocycles. The molecule has 0 radical (unpaired) electrons. The molecule has 6 atom stereocenters. The van der Waals surface area contributed by atoms with Gasteiger partial charge in [-0.15, -0.1) is 0 Å². The molecule has 2 fully saturated rings. The summed E-state index contributed by atoms with van der Waals surface area (Å²) in [5.74, 6) is 0.914. The first-order valence-electron chi connectivity index (χ1n) is 21.9. The van der Waals surface area contributed by atoms with Gasteiger partial charge in [0.25, 0.3) is 0 Å². The van der Waals surface area contributed by atoms with Crippen LogP contribution in [-0.2, 0) is 28.5 Å². The molecule has 338 valence electrons. The minimum Gasteiger partial charge on any atom is -0.453 e. The molecule has 2 saturated heterocycles. The molecule has 4 heterocycles. The van der Waals surface area contributed by atoms with Crippen molar-refractivity contribution in [2.75, 3.05) is 54.7 Å². The Morgan fingerprint density at radius 3 is 1.39 bits per heavy atom. The maximum absolute atomic E-state index is 14.0. The van der Waals surface area contributed by atoms with Gasteiger partial charge >= 0.3 is 12.2 Å². The van der Waals surface area contributed by atoms with Crippen molar-refractivity contribution in [3.63, 3.8) is 0 Å². The topological polar surface area (TPSA) is 193 Å². The van der Waals surface area contributed by atoms with Gasteiger partial charge in [0.05, 0.1) is 61.6 Å². The third-order valence-corrected chi connectivity index (χ3v) is 12.9. The van der Waals surface area contributed by atoms with E-state index in [9.17, 15) is 19.2 Å². The number of ether oxygens (including phenoxy) is 4. The van der Waals surface area contributed by atoms with Crippen LogP contribution in [0.1, 0.15) is 64.3 Å². The standard InChI is InChI=1S/C48H58N8O8/c1-25(2)39(53-47(59)63-7)45(57)55-21-27(23-61-5)17-37(55)43-49-35-15-11-31-19-29(9-13-33(31)41(35)51-43)30-10-14-34-32(20-30)12-16-36-42(34)52-44(50-36)38-18-28(24-62-6)22-56(38)46(58)40(26(3)4)54-48(60)64-8/h9-16,19-20,25-28,37-40H,17-18,21-24H2,1-8H3,(H,49,51)(H,50,52)(H,53,59)(H,54,60)/t27-,28?,37-,38-,39-,40-/m0/s1. The van der Waals surface area contributed by atoms with E-state index in [2.05, 4.69) is 69.1 Å². The number of aromatic nitrogens is 4. The number of methoxy groups -OCH3 is 4. The van der Waals surface area contributed by atoms with Crippen LogP contribution < -0.4 is 10.6 Å². The zero-order chi connectivity index (χ0) is 45.4. The van der Waals surface area contributed by atoms with E-state index in [-0.39, 0.29) is 47.6 Å². The van der Waals surface area contributed by atoms with Crippen molar-refractivity contribution >= 4 is 67.6 Å². The minimum atomic E-state index is -0.755. The SMILES string of the molecule is COCC1C[C@@H](c2nc3c(ccc4cc(-c5ccc6c(ccc7[nH]c([C@@H]8C[C@H](COC)CN8C(=O)[C@@H](NC(=O)OC)C(C)C)nc76)c5)ccc43)[nH]2)N(C(=O)[C@@H](NC(=O)OC)C(C)C)C1. The molecule has 2 aliphatic rings. The Balaban J connectivity index is 1.07. The Labute approximate surface area is 371 Å². The molecule has 0 aliphatic carbocycles. The molecule has 4 amide bonds. The lowest BCUT2D eigenvalue weighted by Gasteiger charge is -2.30. The number of likely N-dealkylation sites (tertiary alicyclic amines) is 2. The van der Waals surface area contributed by atoms with E-state index < -0.39 is 24.3 Å². The van der Waals surface area contributed by atoms with Crippen LogP contribution in [0, 0.1) is 23.7 Å². The van der Waals surface area contributed by atoms with Crippen LogP contribution in [0.2, 0.25) is 0 Å². The maximum Gasteiger partial charge on any atom is 0.407 e. The second-order valence-electron chi connectivity index (χ2n) is 17.9. The number of aromatic amines is 2. The average Bonchev–Trinajstić information content (AvgIpc) is 4.11. The molecule has 2 aromatic heterocycles. The molecular weight excluding hydrogens is 817 g/mol. The number of hydrogen-bond acceptors (Lipinski definition) is 10. The summed E-state index contributed by atoms with van der Waals surface area (Å²) in [6.45, 7) is 9.56. The molecule has 64 heavy (non-hydrogen) atoms. The van der Waals surface area contributed by atoms with Gasteiger partial charge in [-0.3, -0.25) is 9.59 Å². The van der Waals surface area contributed by atoms with Crippen LogP contribution in [0.5, 0.6) is 0 Å². The predicted octanol–water partition coefficient (Wildman–Crippen LogP) is 7.25. The summed E-state index contributed by atoms with van der Waals surface area (Å²) in [5, 5.41) is 9.49. The summed E-state index contributed by atoms with van der Waals surface area (Å²) in [6.07, 6.45) is 0.0407. The normalized spacial score (nSPS) is 19.9. The Hall–Kier alpha value is -6.26. The van der Waals surface area contributed by atoms with Gasteiger partial charge < -0.3 is 49.3 Å². The summed E-state index contributed by atoms with van der Waals surface area (Å²) in [4.78, 5) is 73.5. The van der Waals surface area contributed by atoms with Crippen LogP contribution in [-0.4, -0.2) is 121 Å². The number of hydrogen-bond donors (Lipinski definition) is 4. The van der Waals surface area contributed by atoms with Gasteiger partial charge in [0.1, 0.15) is 23.7 Å². The molecule has 8 rings (SSSR count). The highest BCUT2D eigenvalue weighted by Gasteiger charge is 2.43. The number of amides is 4. The lowest BCUT2D eigenvalue weighted by atomic mass is 9.98. The molecule has 4 N–H and O–H groups in total. The third-order valence-electron chi connectivity index (χ3n) is 12.9. The minimum absolute atomic E-state index is 0.105. The lowest BCUT2D eigenvalue weighted by Crippen LogP contribution is -2.51. The average molecular weight is 875 g/mol. The second-order valence-corrected chi connectivity index (χ2v) is 17.9. The summed E-state index contributed by atoms with van der Waals surface area (Å²) in [7, 11) is 5.90. The quantitative estimate of drug-likeness (QED) is 0.0919. The van der Waals surface area contributed by atoms with Crippen LogP contribution in [0.3, 0.4) is 0 Å². The highest BCUT2D eigenvalue weighted by atomic mass is 16.5. The largest absolute Gasteiger partial charge is 0.453 e. The Bertz CT molecular complexity index is 2530. The van der Waals surface area contributed by atoms with E-state index in [4.69, 9.17) is 28.9 Å². The first-order valence-corrected chi connectivity index (χ1v) is 21.9. The lowest BCUT2D eigenvalue weighted by molar-refractivity contribution is -0.136. The van der Waals surface area contributed by atoms with Crippen molar-refractivity contribution in [1.29, 1.82) is 0 Å². The predicted molar refractivity (Wildman–Crippen MR) is 243 cm³/mol. The number of rotatable bonds is 13. The van der Waals surface area contributed by atoms with E-state index in [1.54, 1.807) is 14.2 Å². The van der Waals surface area contributed by atoms with Crippen molar-refractivity contribution < 1.29 is 38.1 Å². The number of alkyl carbamates (subject to hydrolysis) is 2. The smallest absolute Gasteiger partial charge is 0.407 e. The number of imidazole rings is 2. The van der Waals surface area contributed by atoms with Crippen molar-refractivity contribution in [1.82, 2.24) is 40.4 Å².